The van der Waals surface area contributed by atoms with Gasteiger partial charge in [-0.05, 0) is 19.1 Å². The molecule has 27 heavy (non-hydrogen) atoms. The van der Waals surface area contributed by atoms with Crippen LogP contribution in [0.5, 0.6) is 0 Å². The topological polar surface area (TPSA) is 111 Å². The Morgan fingerprint density at radius 1 is 1.37 bits per heavy atom. The Bertz CT molecular complexity index is 1020. The summed E-state index contributed by atoms with van der Waals surface area (Å²) in [6, 6.07) is 9.26. The molecule has 0 spiro atoms. The number of fused-ring (bicyclic) bond motifs is 1. The number of carbonyl (C=O) groups is 1. The number of nitrogens with zero attached hydrogens (tertiary/aromatic N) is 1. The van der Waals surface area contributed by atoms with Crippen LogP contribution in [0.1, 0.15) is 29.9 Å². The number of hydrogen-bond donors (Lipinski definition) is 2. The summed E-state index contributed by atoms with van der Waals surface area (Å²) in [4.78, 5) is 37.4. The van der Waals surface area contributed by atoms with Crippen molar-refractivity contribution in [2.45, 2.75) is 36.4 Å². The molecule has 2 fully saturated rings. The molecule has 2 heterocycles. The van der Waals surface area contributed by atoms with Crippen LogP contribution >= 0.6 is 0 Å². The molecule has 2 aromatic rings. The molecule has 2 N–H and O–H groups in total. The van der Waals surface area contributed by atoms with E-state index in [0.717, 1.165) is 16.8 Å². The Morgan fingerprint density at radius 2 is 2.07 bits per heavy atom. The van der Waals surface area contributed by atoms with E-state index < -0.39 is 46.9 Å². The first-order chi connectivity index (χ1) is 12.7. The number of esters is 1. The number of hydrogen-bond acceptors (Lipinski definition) is 6. The van der Waals surface area contributed by atoms with Gasteiger partial charge in [0.2, 0.25) is 0 Å². The van der Waals surface area contributed by atoms with Crippen molar-refractivity contribution in [1.29, 1.82) is 0 Å². The van der Waals surface area contributed by atoms with Crippen molar-refractivity contribution >= 4 is 5.97 Å². The van der Waals surface area contributed by atoms with Gasteiger partial charge in [0, 0.05) is 18.7 Å². The van der Waals surface area contributed by atoms with E-state index in [9.17, 15) is 19.5 Å². The molecule has 1 aliphatic heterocycles. The quantitative estimate of drug-likeness (QED) is 0.753. The second-order valence-corrected chi connectivity index (χ2v) is 7.05. The van der Waals surface area contributed by atoms with E-state index in [2.05, 4.69) is 0 Å². The van der Waals surface area contributed by atoms with Gasteiger partial charge >= 0.3 is 11.7 Å². The Hall–Kier alpha value is -2.78. The lowest BCUT2D eigenvalue weighted by Gasteiger charge is -2.30. The number of benzene rings is 1. The van der Waals surface area contributed by atoms with E-state index in [4.69, 9.17) is 9.47 Å². The third-order valence-corrected chi connectivity index (χ3v) is 5.30. The minimum absolute atomic E-state index is 0.177. The molecule has 2 aliphatic rings. The lowest BCUT2D eigenvalue weighted by molar-refractivity contribution is -0.136. The number of nitrogens with one attached hydrogen (secondary N) is 1. The van der Waals surface area contributed by atoms with Gasteiger partial charge in [0.1, 0.15) is 17.8 Å². The molecule has 142 valence electrons. The van der Waals surface area contributed by atoms with Gasteiger partial charge < -0.3 is 14.6 Å². The summed E-state index contributed by atoms with van der Waals surface area (Å²) < 4.78 is 27.1. The lowest BCUT2D eigenvalue weighted by atomic mass is 9.95. The molecular weight excluding hydrogens is 359 g/mol. The van der Waals surface area contributed by atoms with Crippen molar-refractivity contribution in [3.63, 3.8) is 0 Å². The van der Waals surface area contributed by atoms with Crippen molar-refractivity contribution in [1.82, 2.24) is 9.55 Å². The average molecular weight is 376 g/mol. The second-order valence-electron chi connectivity index (χ2n) is 7.05. The largest absolute Gasteiger partial charge is 0.459 e. The SMILES string of the molecule is C[C@]1(O)[C@H](n2ccc(=O)[nH]c2=O)O[C@@]2(COC(=O)c3ccccc3)C[C@@]21F. The molecule has 1 aliphatic carbocycles. The van der Waals surface area contributed by atoms with Gasteiger partial charge in [0.05, 0.1) is 5.56 Å². The van der Waals surface area contributed by atoms with Crippen LogP contribution in [0.2, 0.25) is 0 Å². The lowest BCUT2D eigenvalue weighted by Crippen LogP contribution is -2.47. The number of aromatic amines is 1. The highest BCUT2D eigenvalue weighted by Gasteiger charge is 2.86. The fourth-order valence-corrected chi connectivity index (χ4v) is 3.63. The zero-order valence-corrected chi connectivity index (χ0v) is 14.3. The maximum absolute atomic E-state index is 15.4. The molecule has 0 bridgehead atoms. The molecular formula is C18H17FN2O6. The Balaban J connectivity index is 1.58. The van der Waals surface area contributed by atoms with E-state index >= 15 is 4.39 Å². The molecule has 9 heteroatoms. The van der Waals surface area contributed by atoms with E-state index in [-0.39, 0.29) is 6.42 Å². The first kappa shape index (κ1) is 17.6. The van der Waals surface area contributed by atoms with Crippen LogP contribution in [0.25, 0.3) is 0 Å². The molecule has 0 unspecified atom stereocenters. The highest BCUT2D eigenvalue weighted by atomic mass is 19.1. The van der Waals surface area contributed by atoms with Crippen LogP contribution in [-0.2, 0) is 9.47 Å². The molecule has 1 saturated heterocycles. The van der Waals surface area contributed by atoms with Crippen molar-refractivity contribution in [3.8, 4) is 0 Å². The predicted octanol–water partition coefficient (Wildman–Crippen LogP) is 0.524. The third kappa shape index (κ3) is 2.46. The van der Waals surface area contributed by atoms with E-state index in [1.807, 2.05) is 4.98 Å². The summed E-state index contributed by atoms with van der Waals surface area (Å²) >= 11 is 0. The summed E-state index contributed by atoms with van der Waals surface area (Å²) in [5.41, 5.74) is -6.97. The maximum atomic E-state index is 15.4. The summed E-state index contributed by atoms with van der Waals surface area (Å²) in [7, 11) is 0. The molecule has 1 aromatic heterocycles. The first-order valence-electron chi connectivity index (χ1n) is 8.33. The zero-order valence-electron chi connectivity index (χ0n) is 14.3. The normalized spacial score (nSPS) is 34.1. The number of rotatable bonds is 4. The highest BCUT2D eigenvalue weighted by molar-refractivity contribution is 5.89. The van der Waals surface area contributed by atoms with Gasteiger partial charge in [-0.25, -0.2) is 14.0 Å². The van der Waals surface area contributed by atoms with Gasteiger partial charge in [0.15, 0.2) is 11.9 Å². The van der Waals surface area contributed by atoms with Crippen molar-refractivity contribution in [2.24, 2.45) is 0 Å². The van der Waals surface area contributed by atoms with Crippen LogP contribution in [0, 0.1) is 0 Å². The summed E-state index contributed by atoms with van der Waals surface area (Å²) in [5, 5.41) is 10.7. The van der Waals surface area contributed by atoms with Crippen molar-refractivity contribution < 1.29 is 23.8 Å². The number of halogens is 1. The van der Waals surface area contributed by atoms with Gasteiger partial charge in [-0.2, -0.15) is 0 Å². The number of H-pyrrole nitrogens is 1. The van der Waals surface area contributed by atoms with E-state index in [1.165, 1.54) is 6.92 Å². The Morgan fingerprint density at radius 3 is 2.74 bits per heavy atom. The maximum Gasteiger partial charge on any atom is 0.338 e. The van der Waals surface area contributed by atoms with Crippen LogP contribution < -0.4 is 11.2 Å². The number of carbonyl (C=O) groups excluding carboxylic acids is 1. The third-order valence-electron chi connectivity index (χ3n) is 5.30. The minimum atomic E-state index is -2.20. The molecule has 1 saturated carbocycles. The minimum Gasteiger partial charge on any atom is -0.459 e. The Kier molecular flexibility index (Phi) is 3.66. The summed E-state index contributed by atoms with van der Waals surface area (Å²) in [6.07, 6.45) is -0.432. The first-order valence-corrected chi connectivity index (χ1v) is 8.33. The molecule has 8 nitrogen and oxygen atoms in total. The molecule has 4 rings (SSSR count). The monoisotopic (exact) mass is 376 g/mol. The highest BCUT2D eigenvalue weighted by Crippen LogP contribution is 2.69. The van der Waals surface area contributed by atoms with E-state index in [1.54, 1.807) is 30.3 Å². The van der Waals surface area contributed by atoms with Crippen LogP contribution in [0.15, 0.2) is 52.2 Å². The van der Waals surface area contributed by atoms with Crippen LogP contribution in [0.3, 0.4) is 0 Å². The number of alkyl halides is 1. The second kappa shape index (κ2) is 5.61. The number of aromatic nitrogens is 2. The fourth-order valence-electron chi connectivity index (χ4n) is 3.63. The van der Waals surface area contributed by atoms with Gasteiger partial charge in [-0.15, -0.1) is 0 Å². The van der Waals surface area contributed by atoms with Crippen molar-refractivity contribution in [2.75, 3.05) is 6.61 Å². The predicted molar refractivity (Wildman–Crippen MR) is 90.0 cm³/mol. The smallest absolute Gasteiger partial charge is 0.338 e. The standard InChI is InChI=1S/C18H17FN2O6/c1-16(25)14(21-8-7-12(22)20-15(21)24)27-17(9-18(16,17)19)10-26-13(23)11-5-3-2-4-6-11/h2-8,14,25H,9-10H2,1H3,(H,20,22,24)/t14-,16+,17-,18+/m1/s1. The fraction of sp³-hybridized carbons (Fsp3) is 0.389. The van der Waals surface area contributed by atoms with Gasteiger partial charge in [-0.3, -0.25) is 14.3 Å². The number of aliphatic hydroxyl groups is 1. The van der Waals surface area contributed by atoms with E-state index in [0.29, 0.717) is 5.56 Å². The molecule has 4 atom stereocenters. The van der Waals surface area contributed by atoms with Crippen molar-refractivity contribution in [3.05, 3.63) is 69.0 Å². The van der Waals surface area contributed by atoms with Crippen LogP contribution in [0.4, 0.5) is 4.39 Å². The zero-order chi connectivity index (χ0) is 19.4. The Labute approximate surface area is 152 Å². The summed E-state index contributed by atoms with van der Waals surface area (Å²) in [6.45, 7) is 0.797. The molecule has 0 amide bonds. The van der Waals surface area contributed by atoms with Gasteiger partial charge in [0.25, 0.3) is 5.56 Å². The average Bonchev–Trinajstić information content (AvgIpc) is 3.20. The van der Waals surface area contributed by atoms with Gasteiger partial charge in [-0.1, -0.05) is 18.2 Å². The van der Waals surface area contributed by atoms with Crippen LogP contribution in [-0.4, -0.2) is 44.1 Å². The number of ether oxygens (including phenoxy) is 2. The molecule has 0 radical (unpaired) electrons. The molecule has 1 aromatic carbocycles. The summed E-state index contributed by atoms with van der Waals surface area (Å²) in [5.74, 6) is -0.646.